The number of amides is 1. The molecule has 0 radical (unpaired) electrons. The zero-order valence-corrected chi connectivity index (χ0v) is 18.9. The van der Waals surface area contributed by atoms with Crippen molar-refractivity contribution in [3.63, 3.8) is 0 Å². The van der Waals surface area contributed by atoms with Crippen LogP contribution >= 0.6 is 23.4 Å². The van der Waals surface area contributed by atoms with E-state index in [0.717, 1.165) is 16.2 Å². The van der Waals surface area contributed by atoms with E-state index in [1.54, 1.807) is 33.1 Å². The number of rotatable bonds is 9. The van der Waals surface area contributed by atoms with Gasteiger partial charge in [0.1, 0.15) is 11.7 Å². The molecule has 1 N–H and O–H groups in total. The van der Waals surface area contributed by atoms with E-state index in [4.69, 9.17) is 11.6 Å². The predicted octanol–water partition coefficient (Wildman–Crippen LogP) is 3.59. The van der Waals surface area contributed by atoms with E-state index in [2.05, 4.69) is 15.4 Å². The van der Waals surface area contributed by atoms with E-state index in [0.29, 0.717) is 42.1 Å². The molecular weight excluding hydrogens is 446 g/mol. The van der Waals surface area contributed by atoms with Gasteiger partial charge in [0.15, 0.2) is 5.65 Å². The number of nitrogens with zero attached hydrogens (tertiary/aromatic N) is 4. The molecule has 9 heteroatoms. The molecule has 0 fully saturated rings. The summed E-state index contributed by atoms with van der Waals surface area (Å²) in [6.07, 6.45) is 3.49. The Bertz CT molecular complexity index is 1260. The number of aromatic nitrogens is 4. The van der Waals surface area contributed by atoms with Gasteiger partial charge in [-0.15, -0.1) is 11.8 Å². The van der Waals surface area contributed by atoms with Crippen LogP contribution in [0.4, 0.5) is 0 Å². The maximum Gasteiger partial charge on any atom is 0.264 e. The normalized spacial score (nSPS) is 11.0. The van der Waals surface area contributed by atoms with Crippen LogP contribution < -0.4 is 10.9 Å². The van der Waals surface area contributed by atoms with Gasteiger partial charge in [-0.25, -0.2) is 9.67 Å². The Kier molecular flexibility index (Phi) is 7.24. The summed E-state index contributed by atoms with van der Waals surface area (Å²) < 4.78 is 3.19. The molecule has 1 amide bonds. The van der Waals surface area contributed by atoms with Crippen molar-refractivity contribution in [2.45, 2.75) is 24.4 Å². The van der Waals surface area contributed by atoms with Crippen LogP contribution in [0.1, 0.15) is 12.0 Å². The Balaban J connectivity index is 1.31. The summed E-state index contributed by atoms with van der Waals surface area (Å²) in [7, 11) is 0. The highest BCUT2D eigenvalue weighted by molar-refractivity contribution is 7.99. The standard InChI is InChI=1S/C23H22ClN5O2S/c24-18-8-6-17(7-9-18)15-28-16-26-22-20(23(28)31)14-27-29(22)12-11-25-21(30)10-13-32-19-4-2-1-3-5-19/h1-9,14,16H,10-13,15H2,(H,25,30). The molecule has 7 nitrogen and oxygen atoms in total. The van der Waals surface area contributed by atoms with Crippen molar-refractivity contribution < 1.29 is 4.79 Å². The van der Waals surface area contributed by atoms with Gasteiger partial charge in [0.2, 0.25) is 5.91 Å². The molecule has 0 atom stereocenters. The van der Waals surface area contributed by atoms with Gasteiger partial charge < -0.3 is 5.32 Å². The van der Waals surface area contributed by atoms with Gasteiger partial charge in [-0.2, -0.15) is 5.10 Å². The molecule has 0 aliphatic heterocycles. The molecule has 0 aliphatic rings. The maximum atomic E-state index is 12.8. The summed E-state index contributed by atoms with van der Waals surface area (Å²) >= 11 is 7.57. The topological polar surface area (TPSA) is 81.8 Å². The summed E-state index contributed by atoms with van der Waals surface area (Å²) in [5, 5.41) is 8.28. The molecule has 164 valence electrons. The fraction of sp³-hybridized carbons (Fsp3) is 0.217. The van der Waals surface area contributed by atoms with Crippen LogP contribution in [0.3, 0.4) is 0 Å². The number of thioether (sulfide) groups is 1. The van der Waals surface area contributed by atoms with Crippen molar-refractivity contribution in [3.8, 4) is 0 Å². The average molecular weight is 468 g/mol. The lowest BCUT2D eigenvalue weighted by Crippen LogP contribution is -2.28. The first-order chi connectivity index (χ1) is 15.6. The third-order valence-electron chi connectivity index (χ3n) is 4.88. The van der Waals surface area contributed by atoms with Crippen LogP contribution in [0.15, 0.2) is 76.8 Å². The molecule has 32 heavy (non-hydrogen) atoms. The monoisotopic (exact) mass is 467 g/mol. The number of hydrogen-bond acceptors (Lipinski definition) is 5. The lowest BCUT2D eigenvalue weighted by molar-refractivity contribution is -0.120. The second-order valence-electron chi connectivity index (χ2n) is 7.17. The molecule has 0 aliphatic carbocycles. The Morgan fingerprint density at radius 2 is 1.88 bits per heavy atom. The van der Waals surface area contributed by atoms with Gasteiger partial charge in [-0.1, -0.05) is 41.9 Å². The number of carbonyl (C=O) groups is 1. The van der Waals surface area contributed by atoms with E-state index in [1.807, 2.05) is 42.5 Å². The molecule has 0 saturated heterocycles. The summed E-state index contributed by atoms with van der Waals surface area (Å²) in [6.45, 7) is 1.26. The number of carbonyl (C=O) groups excluding carboxylic acids is 1. The minimum Gasteiger partial charge on any atom is -0.354 e. The summed E-state index contributed by atoms with van der Waals surface area (Å²) in [6, 6.07) is 17.3. The molecular formula is C23H22ClN5O2S. The molecule has 2 aromatic heterocycles. The minimum atomic E-state index is -0.154. The number of fused-ring (bicyclic) bond motifs is 1. The summed E-state index contributed by atoms with van der Waals surface area (Å²) in [4.78, 5) is 30.5. The van der Waals surface area contributed by atoms with Crippen molar-refractivity contribution in [1.29, 1.82) is 0 Å². The zero-order chi connectivity index (χ0) is 22.3. The van der Waals surface area contributed by atoms with Gasteiger partial charge >= 0.3 is 0 Å². The van der Waals surface area contributed by atoms with E-state index in [1.165, 1.54) is 12.5 Å². The second kappa shape index (κ2) is 10.5. The fourth-order valence-electron chi connectivity index (χ4n) is 3.23. The molecule has 0 spiro atoms. The largest absolute Gasteiger partial charge is 0.354 e. The maximum absolute atomic E-state index is 12.8. The molecule has 0 bridgehead atoms. The average Bonchev–Trinajstić information content (AvgIpc) is 3.22. The number of nitrogens with one attached hydrogen (secondary N) is 1. The van der Waals surface area contributed by atoms with E-state index >= 15 is 0 Å². The quantitative estimate of drug-likeness (QED) is 0.380. The molecule has 0 unspecified atom stereocenters. The first-order valence-electron chi connectivity index (χ1n) is 10.2. The van der Waals surface area contributed by atoms with Crippen LogP contribution in [0, 0.1) is 0 Å². The Morgan fingerprint density at radius 1 is 1.09 bits per heavy atom. The second-order valence-corrected chi connectivity index (χ2v) is 8.78. The van der Waals surface area contributed by atoms with Gasteiger partial charge in [-0.05, 0) is 29.8 Å². The van der Waals surface area contributed by atoms with Gasteiger partial charge in [0, 0.05) is 28.6 Å². The van der Waals surface area contributed by atoms with Crippen LogP contribution in [0.5, 0.6) is 0 Å². The van der Waals surface area contributed by atoms with Gasteiger partial charge in [0.25, 0.3) is 5.56 Å². The van der Waals surface area contributed by atoms with Crippen molar-refractivity contribution in [3.05, 3.63) is 88.1 Å². The van der Waals surface area contributed by atoms with Crippen molar-refractivity contribution >= 4 is 40.3 Å². The smallest absolute Gasteiger partial charge is 0.264 e. The first-order valence-corrected chi connectivity index (χ1v) is 11.6. The van der Waals surface area contributed by atoms with Gasteiger partial charge in [-0.3, -0.25) is 14.2 Å². The number of halogens is 1. The molecule has 2 aromatic carbocycles. The van der Waals surface area contributed by atoms with Crippen molar-refractivity contribution in [2.24, 2.45) is 0 Å². The van der Waals surface area contributed by atoms with E-state index in [-0.39, 0.29) is 11.5 Å². The lowest BCUT2D eigenvalue weighted by Gasteiger charge is -2.08. The summed E-state index contributed by atoms with van der Waals surface area (Å²) in [5.74, 6) is 0.707. The molecule has 0 saturated carbocycles. The third kappa shape index (κ3) is 5.57. The third-order valence-corrected chi connectivity index (χ3v) is 6.14. The lowest BCUT2D eigenvalue weighted by atomic mass is 10.2. The first kappa shape index (κ1) is 22.1. The fourth-order valence-corrected chi connectivity index (χ4v) is 4.23. The Labute approximate surface area is 194 Å². The van der Waals surface area contributed by atoms with Crippen LogP contribution in [-0.2, 0) is 17.9 Å². The summed E-state index contributed by atoms with van der Waals surface area (Å²) in [5.41, 5.74) is 1.31. The molecule has 2 heterocycles. The predicted molar refractivity (Wildman–Crippen MR) is 127 cm³/mol. The number of benzene rings is 2. The van der Waals surface area contributed by atoms with Crippen LogP contribution in [0.2, 0.25) is 5.02 Å². The van der Waals surface area contributed by atoms with Crippen LogP contribution in [-0.4, -0.2) is 37.5 Å². The minimum absolute atomic E-state index is 0.0110. The van der Waals surface area contributed by atoms with E-state index < -0.39 is 0 Å². The number of hydrogen-bond donors (Lipinski definition) is 1. The zero-order valence-electron chi connectivity index (χ0n) is 17.3. The van der Waals surface area contributed by atoms with Crippen LogP contribution in [0.25, 0.3) is 11.0 Å². The highest BCUT2D eigenvalue weighted by Gasteiger charge is 2.11. The highest BCUT2D eigenvalue weighted by atomic mass is 35.5. The Hall–Kier alpha value is -3.10. The SMILES string of the molecule is O=C(CCSc1ccccc1)NCCn1ncc2c(=O)n(Cc3ccc(Cl)cc3)cnc21. The van der Waals surface area contributed by atoms with Gasteiger partial charge in [0.05, 0.1) is 19.3 Å². The molecule has 4 rings (SSSR count). The van der Waals surface area contributed by atoms with E-state index in [9.17, 15) is 9.59 Å². The van der Waals surface area contributed by atoms with Crippen molar-refractivity contribution in [1.82, 2.24) is 24.6 Å². The Morgan fingerprint density at radius 3 is 2.66 bits per heavy atom. The molecule has 4 aromatic rings. The van der Waals surface area contributed by atoms with Crippen molar-refractivity contribution in [2.75, 3.05) is 12.3 Å². The highest BCUT2D eigenvalue weighted by Crippen LogP contribution is 2.17.